The lowest BCUT2D eigenvalue weighted by Crippen LogP contribution is -1.96. The number of nitrogens with one attached hydrogen (secondary N) is 1. The fraction of sp³-hybridized carbons (Fsp3) is 0.154. The van der Waals surface area contributed by atoms with Crippen LogP contribution in [0.25, 0.3) is 0 Å². The van der Waals surface area contributed by atoms with Gasteiger partial charge in [0, 0.05) is 17.4 Å². The van der Waals surface area contributed by atoms with Crippen LogP contribution in [0, 0.1) is 18.3 Å². The molecule has 4 nitrogen and oxygen atoms in total. The third-order valence-electron chi connectivity index (χ3n) is 2.34. The van der Waals surface area contributed by atoms with E-state index in [1.165, 1.54) is 0 Å². The van der Waals surface area contributed by atoms with Crippen LogP contribution >= 0.6 is 11.6 Å². The van der Waals surface area contributed by atoms with Crippen molar-refractivity contribution in [1.82, 2.24) is 9.97 Å². The zero-order chi connectivity index (χ0) is 13.0. The van der Waals surface area contributed by atoms with Crippen molar-refractivity contribution in [2.75, 3.05) is 5.32 Å². The number of halogens is 1. The van der Waals surface area contributed by atoms with Gasteiger partial charge >= 0.3 is 0 Å². The van der Waals surface area contributed by atoms with Gasteiger partial charge < -0.3 is 5.32 Å². The number of aryl methyl sites for hydroxylation is 1. The van der Waals surface area contributed by atoms with E-state index in [1.54, 1.807) is 0 Å². The minimum atomic E-state index is 0.221. The first-order valence-corrected chi connectivity index (χ1v) is 5.79. The molecule has 0 aliphatic carbocycles. The maximum Gasteiger partial charge on any atom is 0.224 e. The Balaban J connectivity index is 2.16. The van der Waals surface area contributed by atoms with Gasteiger partial charge in [-0.1, -0.05) is 12.1 Å². The third kappa shape index (κ3) is 3.19. The van der Waals surface area contributed by atoms with Crippen molar-refractivity contribution in [3.05, 3.63) is 46.9 Å². The number of rotatable bonds is 3. The van der Waals surface area contributed by atoms with Crippen molar-refractivity contribution in [2.24, 2.45) is 0 Å². The predicted molar refractivity (Wildman–Crippen MR) is 70.8 cm³/mol. The zero-order valence-corrected chi connectivity index (χ0v) is 10.6. The molecule has 0 bridgehead atoms. The Labute approximate surface area is 110 Å². The second-order valence-electron chi connectivity index (χ2n) is 3.82. The highest BCUT2D eigenvalue weighted by Crippen LogP contribution is 2.17. The Kier molecular flexibility index (Phi) is 3.75. The molecule has 0 spiro atoms. The Hall–Kier alpha value is -2.12. The number of nitrogens with zero attached hydrogens (tertiary/aromatic N) is 3. The standard InChI is InChI=1S/C13H11ClN4/c1-9-8-12(18-13(14)16-9)17-11-4-2-10(3-5-11)6-7-15/h2-5,8H,6H2,1H3,(H,16,17,18). The summed E-state index contributed by atoms with van der Waals surface area (Å²) in [6.07, 6.45) is 0.415. The maximum absolute atomic E-state index is 8.59. The molecule has 1 heterocycles. The molecule has 0 saturated carbocycles. The normalized spacial score (nSPS) is 9.83. The molecule has 1 N–H and O–H groups in total. The first kappa shape index (κ1) is 12.3. The van der Waals surface area contributed by atoms with Crippen LogP contribution in [0.15, 0.2) is 30.3 Å². The van der Waals surface area contributed by atoms with Crippen molar-refractivity contribution in [3.8, 4) is 6.07 Å². The van der Waals surface area contributed by atoms with E-state index in [4.69, 9.17) is 16.9 Å². The Morgan fingerprint density at radius 1 is 1.28 bits per heavy atom. The molecule has 1 aromatic carbocycles. The van der Waals surface area contributed by atoms with Gasteiger partial charge in [0.25, 0.3) is 0 Å². The van der Waals surface area contributed by atoms with Crippen LogP contribution in [0.4, 0.5) is 11.5 Å². The highest BCUT2D eigenvalue weighted by molar-refractivity contribution is 6.28. The van der Waals surface area contributed by atoms with Gasteiger partial charge in [0.05, 0.1) is 12.5 Å². The molecule has 0 fully saturated rings. The lowest BCUT2D eigenvalue weighted by Gasteiger charge is -2.06. The van der Waals surface area contributed by atoms with Crippen molar-refractivity contribution < 1.29 is 0 Å². The molecule has 0 radical (unpaired) electrons. The van der Waals surface area contributed by atoms with Crippen LogP contribution in [0.5, 0.6) is 0 Å². The molecular formula is C13H11ClN4. The Morgan fingerprint density at radius 2 is 2.00 bits per heavy atom. The fourth-order valence-electron chi connectivity index (χ4n) is 1.54. The highest BCUT2D eigenvalue weighted by atomic mass is 35.5. The van der Waals surface area contributed by atoms with Crippen LogP contribution < -0.4 is 5.32 Å². The minimum absolute atomic E-state index is 0.221. The highest BCUT2D eigenvalue weighted by Gasteiger charge is 2.01. The zero-order valence-electron chi connectivity index (χ0n) is 9.81. The first-order valence-electron chi connectivity index (χ1n) is 5.41. The molecule has 0 unspecified atom stereocenters. The van der Waals surface area contributed by atoms with Crippen molar-refractivity contribution in [1.29, 1.82) is 5.26 Å². The predicted octanol–water partition coefficient (Wildman–Crippen LogP) is 3.25. The average Bonchev–Trinajstić information content (AvgIpc) is 2.31. The molecule has 90 valence electrons. The number of aromatic nitrogens is 2. The number of hydrogen-bond donors (Lipinski definition) is 1. The molecule has 18 heavy (non-hydrogen) atoms. The number of hydrogen-bond acceptors (Lipinski definition) is 4. The fourth-order valence-corrected chi connectivity index (χ4v) is 1.77. The molecule has 2 rings (SSSR count). The van der Waals surface area contributed by atoms with E-state index in [0.29, 0.717) is 12.2 Å². The van der Waals surface area contributed by atoms with E-state index < -0.39 is 0 Å². The van der Waals surface area contributed by atoms with E-state index >= 15 is 0 Å². The first-order chi connectivity index (χ1) is 8.67. The van der Waals surface area contributed by atoms with E-state index in [1.807, 2.05) is 37.3 Å². The van der Waals surface area contributed by atoms with Gasteiger partial charge in [-0.2, -0.15) is 5.26 Å². The summed E-state index contributed by atoms with van der Waals surface area (Å²) in [5.74, 6) is 0.653. The van der Waals surface area contributed by atoms with E-state index in [-0.39, 0.29) is 5.28 Å². The van der Waals surface area contributed by atoms with Crippen molar-refractivity contribution in [2.45, 2.75) is 13.3 Å². The number of benzene rings is 1. The van der Waals surface area contributed by atoms with Crippen LogP contribution in [-0.4, -0.2) is 9.97 Å². The van der Waals surface area contributed by atoms with Crippen molar-refractivity contribution in [3.63, 3.8) is 0 Å². The molecule has 0 atom stereocenters. The van der Waals surface area contributed by atoms with Crippen LogP contribution in [0.2, 0.25) is 5.28 Å². The monoisotopic (exact) mass is 258 g/mol. The molecule has 1 aromatic heterocycles. The van der Waals surface area contributed by atoms with E-state index in [2.05, 4.69) is 21.4 Å². The van der Waals surface area contributed by atoms with Gasteiger partial charge in [-0.25, -0.2) is 9.97 Å². The van der Waals surface area contributed by atoms with E-state index in [9.17, 15) is 0 Å². The smallest absolute Gasteiger partial charge is 0.224 e. The summed E-state index contributed by atoms with van der Waals surface area (Å²) >= 11 is 5.78. The van der Waals surface area contributed by atoms with Crippen LogP contribution in [0.1, 0.15) is 11.3 Å². The van der Waals surface area contributed by atoms with Gasteiger partial charge in [0.1, 0.15) is 5.82 Å². The molecule has 2 aromatic rings. The summed E-state index contributed by atoms with van der Waals surface area (Å²) in [5.41, 5.74) is 2.68. The second-order valence-corrected chi connectivity index (χ2v) is 4.16. The maximum atomic E-state index is 8.59. The average molecular weight is 259 g/mol. The molecule has 5 heteroatoms. The topological polar surface area (TPSA) is 61.6 Å². The number of anilines is 2. The summed E-state index contributed by atoms with van der Waals surface area (Å²) in [6, 6.07) is 11.5. The molecule has 0 amide bonds. The van der Waals surface area contributed by atoms with E-state index in [0.717, 1.165) is 16.9 Å². The van der Waals surface area contributed by atoms with Crippen LogP contribution in [-0.2, 0) is 6.42 Å². The summed E-state index contributed by atoms with van der Waals surface area (Å²) < 4.78 is 0. The summed E-state index contributed by atoms with van der Waals surface area (Å²) in [4.78, 5) is 8.07. The van der Waals surface area contributed by atoms with Crippen molar-refractivity contribution >= 4 is 23.1 Å². The molecule has 0 saturated heterocycles. The lowest BCUT2D eigenvalue weighted by molar-refractivity contribution is 1.10. The molecular weight excluding hydrogens is 248 g/mol. The van der Waals surface area contributed by atoms with Gasteiger partial charge in [-0.3, -0.25) is 0 Å². The molecule has 0 aliphatic rings. The third-order valence-corrected chi connectivity index (χ3v) is 2.51. The van der Waals surface area contributed by atoms with Gasteiger partial charge in [-0.05, 0) is 36.2 Å². The largest absolute Gasteiger partial charge is 0.340 e. The van der Waals surface area contributed by atoms with Crippen LogP contribution in [0.3, 0.4) is 0 Å². The number of nitriles is 1. The summed E-state index contributed by atoms with van der Waals surface area (Å²) in [6.45, 7) is 1.86. The second kappa shape index (κ2) is 5.48. The summed E-state index contributed by atoms with van der Waals surface area (Å²) in [5, 5.41) is 11.9. The Morgan fingerprint density at radius 3 is 2.61 bits per heavy atom. The summed E-state index contributed by atoms with van der Waals surface area (Å²) in [7, 11) is 0. The van der Waals surface area contributed by atoms with Gasteiger partial charge in [0.15, 0.2) is 0 Å². The van der Waals surface area contributed by atoms with Gasteiger partial charge in [0.2, 0.25) is 5.28 Å². The SMILES string of the molecule is Cc1cc(Nc2ccc(CC#N)cc2)nc(Cl)n1. The Bertz CT molecular complexity index is 567. The quantitative estimate of drug-likeness (QED) is 0.859. The molecule has 0 aliphatic heterocycles. The van der Waals surface area contributed by atoms with Gasteiger partial charge in [-0.15, -0.1) is 0 Å². The lowest BCUT2D eigenvalue weighted by atomic mass is 10.1. The minimum Gasteiger partial charge on any atom is -0.340 e.